The minimum Gasteiger partial charge on any atom is -0.341 e. The zero-order chi connectivity index (χ0) is 21.2. The molecule has 1 aliphatic rings. The van der Waals surface area contributed by atoms with Crippen LogP contribution in [0.25, 0.3) is 10.9 Å². The topological polar surface area (TPSA) is 99.3 Å². The van der Waals surface area contributed by atoms with Gasteiger partial charge in [-0.05, 0) is 60.7 Å². The second-order valence-electron chi connectivity index (χ2n) is 8.38. The van der Waals surface area contributed by atoms with E-state index in [1.165, 1.54) is 18.2 Å². The maximum atomic E-state index is 13.1. The molecule has 1 aromatic carbocycles. The van der Waals surface area contributed by atoms with Gasteiger partial charge in [0.2, 0.25) is 21.5 Å². The van der Waals surface area contributed by atoms with Crippen LogP contribution in [-0.2, 0) is 14.8 Å². The lowest BCUT2D eigenvalue weighted by Crippen LogP contribution is -2.51. The first-order valence-electron chi connectivity index (χ1n) is 10.1. The number of nitrogens with zero attached hydrogens (tertiary/aromatic N) is 1. The van der Waals surface area contributed by atoms with Crippen molar-refractivity contribution in [1.82, 2.24) is 14.6 Å². The Hall–Kier alpha value is -2.19. The molecule has 1 saturated heterocycles. The number of pyridine rings is 1. The number of fused-ring (bicyclic) bond motifs is 1. The van der Waals surface area contributed by atoms with Crippen LogP contribution in [0, 0.1) is 11.8 Å². The lowest BCUT2D eigenvalue weighted by atomic mass is 9.97. The highest BCUT2D eigenvalue weighted by molar-refractivity contribution is 7.89. The minimum absolute atomic E-state index is 0.0749. The van der Waals surface area contributed by atoms with Crippen LogP contribution in [0.15, 0.2) is 40.0 Å². The second-order valence-corrected chi connectivity index (χ2v) is 10.1. The SMILES string of the molecule is CC(C)CC(NS(=O)(=O)c1ccc2[nH]c(=O)ccc2c1)C(=O)N1CCC(C)CC1. The highest BCUT2D eigenvalue weighted by Gasteiger charge is 2.31. The Labute approximate surface area is 171 Å². The van der Waals surface area contributed by atoms with Gasteiger partial charge in [0.25, 0.3) is 0 Å². The maximum Gasteiger partial charge on any atom is 0.248 e. The fourth-order valence-electron chi connectivity index (χ4n) is 3.67. The zero-order valence-electron chi connectivity index (χ0n) is 17.1. The molecule has 2 aromatic rings. The van der Waals surface area contributed by atoms with E-state index in [1.54, 1.807) is 17.0 Å². The van der Waals surface area contributed by atoms with Gasteiger partial charge in [0.15, 0.2) is 0 Å². The molecule has 1 aromatic heterocycles. The molecular weight excluding hydrogens is 390 g/mol. The van der Waals surface area contributed by atoms with Crippen molar-refractivity contribution in [3.63, 3.8) is 0 Å². The van der Waals surface area contributed by atoms with Gasteiger partial charge < -0.3 is 9.88 Å². The van der Waals surface area contributed by atoms with Crippen LogP contribution in [0.3, 0.4) is 0 Å². The van der Waals surface area contributed by atoms with Crippen molar-refractivity contribution in [3.8, 4) is 0 Å². The summed E-state index contributed by atoms with van der Waals surface area (Å²) in [4.78, 5) is 29.0. The van der Waals surface area contributed by atoms with Crippen molar-refractivity contribution < 1.29 is 13.2 Å². The van der Waals surface area contributed by atoms with Gasteiger partial charge in [0.1, 0.15) is 6.04 Å². The molecule has 0 aliphatic carbocycles. The van der Waals surface area contributed by atoms with E-state index >= 15 is 0 Å². The highest BCUT2D eigenvalue weighted by atomic mass is 32.2. The lowest BCUT2D eigenvalue weighted by Gasteiger charge is -2.33. The number of benzene rings is 1. The van der Waals surface area contributed by atoms with Gasteiger partial charge >= 0.3 is 0 Å². The van der Waals surface area contributed by atoms with Gasteiger partial charge in [0, 0.05) is 24.7 Å². The van der Waals surface area contributed by atoms with E-state index in [4.69, 9.17) is 0 Å². The summed E-state index contributed by atoms with van der Waals surface area (Å²) >= 11 is 0. The lowest BCUT2D eigenvalue weighted by molar-refractivity contribution is -0.134. The van der Waals surface area contributed by atoms with Crippen molar-refractivity contribution >= 4 is 26.8 Å². The fourth-order valence-corrected chi connectivity index (χ4v) is 4.91. The van der Waals surface area contributed by atoms with Gasteiger partial charge in [-0.1, -0.05) is 20.8 Å². The summed E-state index contributed by atoms with van der Waals surface area (Å²) in [6, 6.07) is 6.66. The Balaban J connectivity index is 1.84. The number of sulfonamides is 1. The van der Waals surface area contributed by atoms with Crippen molar-refractivity contribution in [1.29, 1.82) is 0 Å². The zero-order valence-corrected chi connectivity index (χ0v) is 18.0. The Morgan fingerprint density at radius 1 is 1.21 bits per heavy atom. The van der Waals surface area contributed by atoms with E-state index in [-0.39, 0.29) is 22.3 Å². The normalized spacial score (nSPS) is 17.0. The molecular formula is C21H29N3O4S. The molecule has 1 unspecified atom stereocenters. The summed E-state index contributed by atoms with van der Waals surface area (Å²) in [5, 5.41) is 0.615. The van der Waals surface area contributed by atoms with E-state index in [0.29, 0.717) is 36.3 Å². The molecule has 1 fully saturated rings. The number of carbonyl (C=O) groups excluding carboxylic acids is 1. The number of H-pyrrole nitrogens is 1. The van der Waals surface area contributed by atoms with Crippen LogP contribution in [0.2, 0.25) is 0 Å². The van der Waals surface area contributed by atoms with Gasteiger partial charge in [-0.3, -0.25) is 9.59 Å². The molecule has 1 atom stereocenters. The molecule has 0 bridgehead atoms. The summed E-state index contributed by atoms with van der Waals surface area (Å²) in [6.45, 7) is 7.45. The minimum atomic E-state index is -3.89. The van der Waals surface area contributed by atoms with Crippen LogP contribution in [0.1, 0.15) is 40.0 Å². The van der Waals surface area contributed by atoms with E-state index < -0.39 is 16.1 Å². The van der Waals surface area contributed by atoms with Gasteiger partial charge in [-0.15, -0.1) is 0 Å². The van der Waals surface area contributed by atoms with E-state index in [0.717, 1.165) is 12.8 Å². The van der Waals surface area contributed by atoms with Crippen LogP contribution in [0.4, 0.5) is 0 Å². The molecule has 1 aliphatic heterocycles. The number of piperidine rings is 1. The Morgan fingerprint density at radius 3 is 2.55 bits per heavy atom. The molecule has 29 heavy (non-hydrogen) atoms. The predicted octanol–water partition coefficient (Wildman–Crippen LogP) is 2.48. The van der Waals surface area contributed by atoms with Gasteiger partial charge in [-0.25, -0.2) is 8.42 Å². The summed E-state index contributed by atoms with van der Waals surface area (Å²) in [5.41, 5.74) is 0.318. The summed E-state index contributed by atoms with van der Waals surface area (Å²) in [6.07, 6.45) is 2.32. The molecule has 0 saturated carbocycles. The third kappa shape index (κ3) is 5.25. The number of carbonyl (C=O) groups is 1. The van der Waals surface area contributed by atoms with Gasteiger partial charge in [-0.2, -0.15) is 4.72 Å². The monoisotopic (exact) mass is 419 g/mol. The van der Waals surface area contributed by atoms with E-state index in [9.17, 15) is 18.0 Å². The standard InChI is InChI=1S/C21H29N3O4S/c1-14(2)12-19(21(26)24-10-8-15(3)9-11-24)23-29(27,28)17-5-6-18-16(13-17)4-7-20(25)22-18/h4-7,13-15,19,23H,8-12H2,1-3H3,(H,22,25). The number of hydrogen-bond donors (Lipinski definition) is 2. The molecule has 3 rings (SSSR count). The average Bonchev–Trinajstić information content (AvgIpc) is 2.66. The largest absolute Gasteiger partial charge is 0.341 e. The number of nitrogens with one attached hydrogen (secondary N) is 2. The van der Waals surface area contributed by atoms with Crippen LogP contribution < -0.4 is 10.3 Å². The van der Waals surface area contributed by atoms with Crippen LogP contribution >= 0.6 is 0 Å². The first-order chi connectivity index (χ1) is 13.7. The first-order valence-corrected chi connectivity index (χ1v) is 11.6. The molecule has 7 nitrogen and oxygen atoms in total. The van der Waals surface area contributed by atoms with Crippen LogP contribution in [-0.4, -0.2) is 43.3 Å². The molecule has 8 heteroatoms. The first kappa shape index (κ1) is 21.5. The van der Waals surface area contributed by atoms with Crippen molar-refractivity contribution in [2.24, 2.45) is 11.8 Å². The van der Waals surface area contributed by atoms with Crippen LogP contribution in [0.5, 0.6) is 0 Å². The van der Waals surface area contributed by atoms with E-state index in [1.807, 2.05) is 13.8 Å². The maximum absolute atomic E-state index is 13.1. The third-order valence-corrected chi connectivity index (χ3v) is 6.87. The number of likely N-dealkylation sites (tertiary alicyclic amines) is 1. The molecule has 2 N–H and O–H groups in total. The molecule has 158 valence electrons. The fraction of sp³-hybridized carbons (Fsp3) is 0.524. The quantitative estimate of drug-likeness (QED) is 0.751. The molecule has 1 amide bonds. The number of aromatic amines is 1. The Morgan fingerprint density at radius 2 is 1.90 bits per heavy atom. The number of amides is 1. The van der Waals surface area contributed by atoms with Crippen molar-refractivity contribution in [2.45, 2.75) is 51.0 Å². The molecule has 0 radical (unpaired) electrons. The number of aromatic nitrogens is 1. The van der Waals surface area contributed by atoms with Crippen molar-refractivity contribution in [2.75, 3.05) is 13.1 Å². The number of rotatable bonds is 6. The summed E-state index contributed by atoms with van der Waals surface area (Å²) in [5.74, 6) is 0.597. The Kier molecular flexibility index (Phi) is 6.43. The highest BCUT2D eigenvalue weighted by Crippen LogP contribution is 2.21. The third-order valence-electron chi connectivity index (χ3n) is 5.40. The summed E-state index contributed by atoms with van der Waals surface area (Å²) in [7, 11) is -3.89. The summed E-state index contributed by atoms with van der Waals surface area (Å²) < 4.78 is 28.7. The van der Waals surface area contributed by atoms with Crippen molar-refractivity contribution in [3.05, 3.63) is 40.7 Å². The Bertz CT molecular complexity index is 1040. The van der Waals surface area contributed by atoms with Gasteiger partial charge in [0.05, 0.1) is 4.90 Å². The van der Waals surface area contributed by atoms with E-state index in [2.05, 4.69) is 16.6 Å². The predicted molar refractivity (Wildman–Crippen MR) is 113 cm³/mol. The molecule has 0 spiro atoms. The number of hydrogen-bond acceptors (Lipinski definition) is 4. The molecule has 2 heterocycles. The smallest absolute Gasteiger partial charge is 0.248 e. The average molecular weight is 420 g/mol. The second kappa shape index (κ2) is 8.67.